The molecule has 1 aromatic rings. The van der Waals surface area contributed by atoms with Gasteiger partial charge in [-0.15, -0.1) is 0 Å². The molecule has 0 radical (unpaired) electrons. The van der Waals surface area contributed by atoms with Crippen molar-refractivity contribution in [2.45, 2.75) is 51.4 Å². The molecule has 1 N–H and O–H groups in total. The molecule has 0 bridgehead atoms. The molecule has 0 aliphatic heterocycles. The maximum absolute atomic E-state index is 3.47. The summed E-state index contributed by atoms with van der Waals surface area (Å²) < 4.78 is 0. The van der Waals surface area contributed by atoms with Crippen molar-refractivity contribution in [1.82, 2.24) is 5.32 Å². The molecule has 18 heavy (non-hydrogen) atoms. The molecule has 0 amide bonds. The third-order valence-corrected chi connectivity index (χ3v) is 4.88. The molecule has 1 aliphatic carbocycles. The van der Waals surface area contributed by atoms with E-state index in [1.165, 1.54) is 32.1 Å². The highest BCUT2D eigenvalue weighted by Gasteiger charge is 2.40. The maximum atomic E-state index is 3.47. The molecule has 0 saturated heterocycles. The number of nitrogens with one attached hydrogen (secondary N) is 1. The fraction of sp³-hybridized carbons (Fsp3) is 0.647. The smallest absolute Gasteiger partial charge is 0.0108 e. The Morgan fingerprint density at radius 2 is 1.94 bits per heavy atom. The molecule has 0 spiro atoms. The Bertz CT molecular complexity index is 381. The van der Waals surface area contributed by atoms with E-state index < -0.39 is 0 Å². The molecule has 1 aliphatic rings. The molecule has 2 rings (SSSR count). The lowest BCUT2D eigenvalue weighted by atomic mass is 9.61. The third-order valence-electron chi connectivity index (χ3n) is 4.88. The van der Waals surface area contributed by atoms with Crippen LogP contribution in [0.5, 0.6) is 0 Å². The van der Waals surface area contributed by atoms with Crippen LogP contribution in [0.25, 0.3) is 0 Å². The van der Waals surface area contributed by atoms with Gasteiger partial charge in [-0.2, -0.15) is 0 Å². The number of rotatable bonds is 5. The van der Waals surface area contributed by atoms with Gasteiger partial charge < -0.3 is 5.32 Å². The molecule has 0 saturated carbocycles. The minimum absolute atomic E-state index is 0.368. The molecule has 1 heteroatoms. The van der Waals surface area contributed by atoms with Gasteiger partial charge in [-0.3, -0.25) is 0 Å². The molecule has 1 aromatic carbocycles. The van der Waals surface area contributed by atoms with Gasteiger partial charge in [0.15, 0.2) is 0 Å². The van der Waals surface area contributed by atoms with Crippen LogP contribution < -0.4 is 5.32 Å². The van der Waals surface area contributed by atoms with Crippen LogP contribution in [0.15, 0.2) is 24.3 Å². The summed E-state index contributed by atoms with van der Waals surface area (Å²) in [5.41, 5.74) is 3.58. The minimum atomic E-state index is 0.368. The minimum Gasteiger partial charge on any atom is -0.319 e. The van der Waals surface area contributed by atoms with Crippen LogP contribution >= 0.6 is 0 Å². The van der Waals surface area contributed by atoms with Gasteiger partial charge in [0.2, 0.25) is 0 Å². The van der Waals surface area contributed by atoms with E-state index >= 15 is 0 Å². The lowest BCUT2D eigenvalue weighted by Crippen LogP contribution is -2.45. The first-order valence-corrected chi connectivity index (χ1v) is 7.51. The van der Waals surface area contributed by atoms with Gasteiger partial charge in [0.1, 0.15) is 0 Å². The standard InChI is InChI=1S/C17H27N/c1-4-15(5-2)17(13-18-3)12-8-10-14-9-6-7-11-16(14)17/h6-7,9,11,15,18H,4-5,8,10,12-13H2,1-3H3. The second-order valence-electron chi connectivity index (χ2n) is 5.71. The van der Waals surface area contributed by atoms with Crippen molar-refractivity contribution in [2.75, 3.05) is 13.6 Å². The van der Waals surface area contributed by atoms with Crippen LogP contribution in [0.3, 0.4) is 0 Å². The Labute approximate surface area is 112 Å². The van der Waals surface area contributed by atoms with Crippen LogP contribution in [-0.2, 0) is 11.8 Å². The summed E-state index contributed by atoms with van der Waals surface area (Å²) in [6.07, 6.45) is 6.52. The van der Waals surface area contributed by atoms with E-state index in [1.54, 1.807) is 11.1 Å². The van der Waals surface area contributed by atoms with Gasteiger partial charge in [0, 0.05) is 12.0 Å². The maximum Gasteiger partial charge on any atom is 0.0108 e. The average Bonchev–Trinajstić information content (AvgIpc) is 2.41. The fourth-order valence-corrected chi connectivity index (χ4v) is 4.09. The summed E-state index contributed by atoms with van der Waals surface area (Å²) in [4.78, 5) is 0. The van der Waals surface area contributed by atoms with Crippen molar-refractivity contribution < 1.29 is 0 Å². The quantitative estimate of drug-likeness (QED) is 0.829. The number of fused-ring (bicyclic) bond motifs is 1. The second-order valence-corrected chi connectivity index (χ2v) is 5.71. The van der Waals surface area contributed by atoms with Gasteiger partial charge in [0.05, 0.1) is 0 Å². The molecular weight excluding hydrogens is 218 g/mol. The van der Waals surface area contributed by atoms with E-state index in [1.807, 2.05) is 0 Å². The predicted octanol–water partition coefficient (Wildman–Crippen LogP) is 3.92. The molecule has 100 valence electrons. The molecule has 0 aromatic heterocycles. The van der Waals surface area contributed by atoms with Crippen LogP contribution in [-0.4, -0.2) is 13.6 Å². The van der Waals surface area contributed by atoms with Crippen LogP contribution in [0.2, 0.25) is 0 Å². The molecule has 0 fully saturated rings. The van der Waals surface area contributed by atoms with Crippen LogP contribution in [0.4, 0.5) is 0 Å². The summed E-state index contributed by atoms with van der Waals surface area (Å²) >= 11 is 0. The van der Waals surface area contributed by atoms with Gasteiger partial charge in [-0.05, 0) is 43.4 Å². The molecule has 1 nitrogen and oxygen atoms in total. The molecule has 0 heterocycles. The molecule has 1 atom stereocenters. The van der Waals surface area contributed by atoms with E-state index in [4.69, 9.17) is 0 Å². The van der Waals surface area contributed by atoms with Crippen molar-refractivity contribution in [3.8, 4) is 0 Å². The Balaban J connectivity index is 2.48. The summed E-state index contributed by atoms with van der Waals surface area (Å²) in [6.45, 7) is 5.82. The fourth-order valence-electron chi connectivity index (χ4n) is 4.09. The van der Waals surface area contributed by atoms with Crippen LogP contribution in [0, 0.1) is 5.92 Å². The normalized spacial score (nSPS) is 23.1. The number of likely N-dealkylation sites (N-methyl/N-ethyl adjacent to an activating group) is 1. The van der Waals surface area contributed by atoms with E-state index in [2.05, 4.69) is 50.5 Å². The Kier molecular flexibility index (Phi) is 4.45. The SMILES string of the molecule is CCC(CC)C1(CNC)CCCc2ccccc21. The van der Waals surface area contributed by atoms with E-state index in [-0.39, 0.29) is 0 Å². The summed E-state index contributed by atoms with van der Waals surface area (Å²) in [6, 6.07) is 9.13. The number of benzene rings is 1. The summed E-state index contributed by atoms with van der Waals surface area (Å²) in [7, 11) is 2.10. The van der Waals surface area contributed by atoms with Gasteiger partial charge in [-0.1, -0.05) is 51.0 Å². The van der Waals surface area contributed by atoms with Gasteiger partial charge in [-0.25, -0.2) is 0 Å². The zero-order valence-electron chi connectivity index (χ0n) is 12.1. The second kappa shape index (κ2) is 5.88. The predicted molar refractivity (Wildman–Crippen MR) is 79.1 cm³/mol. The van der Waals surface area contributed by atoms with E-state index in [0.717, 1.165) is 12.5 Å². The van der Waals surface area contributed by atoms with Gasteiger partial charge >= 0.3 is 0 Å². The highest BCUT2D eigenvalue weighted by atomic mass is 14.8. The molecular formula is C17H27N. The van der Waals surface area contributed by atoms with Gasteiger partial charge in [0.25, 0.3) is 0 Å². The van der Waals surface area contributed by atoms with Crippen LogP contribution in [0.1, 0.15) is 50.7 Å². The summed E-state index contributed by atoms with van der Waals surface area (Å²) in [5, 5.41) is 3.47. The zero-order chi connectivity index (χ0) is 13.0. The number of hydrogen-bond acceptors (Lipinski definition) is 1. The average molecular weight is 245 g/mol. The third kappa shape index (κ3) is 2.21. The Morgan fingerprint density at radius 1 is 1.22 bits per heavy atom. The first-order chi connectivity index (χ1) is 8.78. The first-order valence-electron chi connectivity index (χ1n) is 7.51. The monoisotopic (exact) mass is 245 g/mol. The lowest BCUT2D eigenvalue weighted by Gasteiger charge is -2.45. The molecule has 1 unspecified atom stereocenters. The van der Waals surface area contributed by atoms with Crippen molar-refractivity contribution >= 4 is 0 Å². The van der Waals surface area contributed by atoms with Crippen molar-refractivity contribution in [1.29, 1.82) is 0 Å². The van der Waals surface area contributed by atoms with E-state index in [0.29, 0.717) is 5.41 Å². The number of hydrogen-bond donors (Lipinski definition) is 1. The van der Waals surface area contributed by atoms with Crippen molar-refractivity contribution in [3.63, 3.8) is 0 Å². The van der Waals surface area contributed by atoms with E-state index in [9.17, 15) is 0 Å². The lowest BCUT2D eigenvalue weighted by molar-refractivity contribution is 0.212. The Hall–Kier alpha value is -0.820. The number of aryl methyl sites for hydroxylation is 1. The zero-order valence-corrected chi connectivity index (χ0v) is 12.1. The topological polar surface area (TPSA) is 12.0 Å². The largest absolute Gasteiger partial charge is 0.319 e. The highest BCUT2D eigenvalue weighted by molar-refractivity contribution is 5.38. The highest BCUT2D eigenvalue weighted by Crippen LogP contribution is 2.45. The Morgan fingerprint density at radius 3 is 2.61 bits per heavy atom. The first kappa shape index (κ1) is 13.6. The summed E-state index contributed by atoms with van der Waals surface area (Å²) in [5.74, 6) is 0.798. The van der Waals surface area contributed by atoms with Crippen molar-refractivity contribution in [3.05, 3.63) is 35.4 Å². The van der Waals surface area contributed by atoms with Crippen molar-refractivity contribution in [2.24, 2.45) is 5.92 Å².